The van der Waals surface area contributed by atoms with E-state index in [9.17, 15) is 9.18 Å². The number of hydrogen-bond acceptors (Lipinski definition) is 1. The second-order valence-corrected chi connectivity index (χ2v) is 6.37. The van der Waals surface area contributed by atoms with Crippen molar-refractivity contribution in [3.05, 3.63) is 53.8 Å². The van der Waals surface area contributed by atoms with Crippen molar-refractivity contribution in [2.24, 2.45) is 0 Å². The zero-order valence-corrected chi connectivity index (χ0v) is 12.4. The first-order valence-electron chi connectivity index (χ1n) is 7.91. The number of amides is 1. The molecule has 4 rings (SSSR count). The highest BCUT2D eigenvalue weighted by Gasteiger charge is 2.47. The van der Waals surface area contributed by atoms with Crippen LogP contribution in [0.2, 0.25) is 0 Å². The lowest BCUT2D eigenvalue weighted by atomic mass is 9.70. The molecule has 1 saturated carbocycles. The Kier molecular flexibility index (Phi) is 3.03. The van der Waals surface area contributed by atoms with E-state index in [-0.39, 0.29) is 17.1 Å². The second kappa shape index (κ2) is 4.94. The molecule has 0 bridgehead atoms. The van der Waals surface area contributed by atoms with Gasteiger partial charge in [0.1, 0.15) is 5.82 Å². The molecule has 0 unspecified atom stereocenters. The van der Waals surface area contributed by atoms with Crippen LogP contribution in [0.4, 0.5) is 10.1 Å². The van der Waals surface area contributed by atoms with Crippen LogP contribution >= 0.6 is 0 Å². The first-order valence-corrected chi connectivity index (χ1v) is 7.91. The summed E-state index contributed by atoms with van der Waals surface area (Å²) in [5.74, 6) is -0.0989. The first-order chi connectivity index (χ1) is 10.7. The van der Waals surface area contributed by atoms with Crippen LogP contribution in [0.5, 0.6) is 0 Å². The number of benzene rings is 2. The van der Waals surface area contributed by atoms with Crippen LogP contribution in [0.3, 0.4) is 0 Å². The van der Waals surface area contributed by atoms with E-state index in [1.54, 1.807) is 12.1 Å². The molecule has 0 saturated heterocycles. The predicted molar refractivity (Wildman–Crippen MR) is 85.2 cm³/mol. The lowest BCUT2D eigenvalue weighted by molar-refractivity contribution is -0.121. The quantitative estimate of drug-likeness (QED) is 0.815. The first kappa shape index (κ1) is 13.5. The highest BCUT2D eigenvalue weighted by molar-refractivity contribution is 6.06. The Morgan fingerprint density at radius 2 is 1.73 bits per heavy atom. The molecular weight excluding hydrogens is 277 g/mol. The van der Waals surface area contributed by atoms with Crippen molar-refractivity contribution in [1.29, 1.82) is 0 Å². The number of carbonyl (C=O) groups excluding carboxylic acids is 1. The summed E-state index contributed by atoms with van der Waals surface area (Å²) in [6, 6.07) is 12.6. The van der Waals surface area contributed by atoms with Gasteiger partial charge in [0.15, 0.2) is 0 Å². The van der Waals surface area contributed by atoms with Crippen molar-refractivity contribution in [3.63, 3.8) is 0 Å². The van der Waals surface area contributed by atoms with Gasteiger partial charge in [0.25, 0.3) is 0 Å². The van der Waals surface area contributed by atoms with E-state index in [0.717, 1.165) is 48.1 Å². The average molecular weight is 295 g/mol. The average Bonchev–Trinajstić information content (AvgIpc) is 2.80. The molecule has 1 amide bonds. The largest absolute Gasteiger partial charge is 0.325 e. The molecule has 0 radical (unpaired) electrons. The van der Waals surface area contributed by atoms with Crippen molar-refractivity contribution < 1.29 is 9.18 Å². The molecule has 2 aromatic carbocycles. The minimum absolute atomic E-state index is 0.138. The van der Waals surface area contributed by atoms with E-state index in [2.05, 4.69) is 11.4 Å². The normalized spacial score (nSPS) is 19.0. The highest BCUT2D eigenvalue weighted by Crippen LogP contribution is 2.48. The van der Waals surface area contributed by atoms with Crippen LogP contribution < -0.4 is 5.32 Å². The lowest BCUT2D eigenvalue weighted by Gasteiger charge is -2.31. The number of nitrogens with one attached hydrogen (secondary N) is 1. The summed E-state index contributed by atoms with van der Waals surface area (Å²) in [7, 11) is 0. The fourth-order valence-corrected chi connectivity index (χ4v) is 3.91. The smallest absolute Gasteiger partial charge is 0.235 e. The second-order valence-electron chi connectivity index (χ2n) is 6.37. The maximum Gasteiger partial charge on any atom is 0.235 e. The van der Waals surface area contributed by atoms with Crippen LogP contribution in [0.25, 0.3) is 11.1 Å². The van der Waals surface area contributed by atoms with Crippen molar-refractivity contribution in [1.82, 2.24) is 0 Å². The summed E-state index contributed by atoms with van der Waals surface area (Å²) in [6.45, 7) is 0. The van der Waals surface area contributed by atoms with E-state index in [1.165, 1.54) is 12.5 Å². The third-order valence-electron chi connectivity index (χ3n) is 5.08. The third kappa shape index (κ3) is 1.96. The summed E-state index contributed by atoms with van der Waals surface area (Å²) in [6.07, 6.45) is 5.22. The number of halogens is 1. The number of hydrogen-bond donors (Lipinski definition) is 1. The molecule has 2 nitrogen and oxygen atoms in total. The predicted octanol–water partition coefficient (Wildman–Crippen LogP) is 4.65. The molecule has 2 aromatic rings. The third-order valence-corrected chi connectivity index (χ3v) is 5.08. The Morgan fingerprint density at radius 3 is 2.50 bits per heavy atom. The van der Waals surface area contributed by atoms with E-state index in [4.69, 9.17) is 0 Å². The topological polar surface area (TPSA) is 29.1 Å². The lowest BCUT2D eigenvalue weighted by Crippen LogP contribution is -2.36. The maximum atomic E-state index is 13.5. The fourth-order valence-electron chi connectivity index (χ4n) is 3.91. The molecule has 1 aliphatic heterocycles. The van der Waals surface area contributed by atoms with Gasteiger partial charge in [-0.1, -0.05) is 37.5 Å². The minimum Gasteiger partial charge on any atom is -0.325 e. The van der Waals surface area contributed by atoms with Crippen LogP contribution in [0.15, 0.2) is 42.5 Å². The molecular formula is C19H18FNO. The molecule has 2 aliphatic rings. The van der Waals surface area contributed by atoms with E-state index >= 15 is 0 Å². The molecule has 1 fully saturated rings. The summed E-state index contributed by atoms with van der Waals surface area (Å²) < 4.78 is 13.5. The van der Waals surface area contributed by atoms with Gasteiger partial charge < -0.3 is 5.32 Å². The molecule has 1 N–H and O–H groups in total. The molecule has 1 heterocycles. The SMILES string of the molecule is O=C1Nc2ccc(-c3cccc(F)c3)cc2C12CCCCC2. The Hall–Kier alpha value is -2.16. The van der Waals surface area contributed by atoms with Crippen LogP contribution in [-0.4, -0.2) is 5.91 Å². The summed E-state index contributed by atoms with van der Waals surface area (Å²) >= 11 is 0. The van der Waals surface area contributed by atoms with E-state index < -0.39 is 0 Å². The summed E-state index contributed by atoms with van der Waals surface area (Å²) in [5.41, 5.74) is 3.48. The van der Waals surface area contributed by atoms with Crippen molar-refractivity contribution in [3.8, 4) is 11.1 Å². The standard InChI is InChI=1S/C19H18FNO/c20-15-6-4-5-13(11-15)14-7-8-17-16(12-14)19(18(22)21-17)9-2-1-3-10-19/h4-8,11-12H,1-3,9-10H2,(H,21,22). The Balaban J connectivity index is 1.83. The summed E-state index contributed by atoms with van der Waals surface area (Å²) in [4.78, 5) is 12.5. The molecule has 0 aromatic heterocycles. The molecule has 22 heavy (non-hydrogen) atoms. The number of anilines is 1. The maximum absolute atomic E-state index is 13.5. The van der Waals surface area contributed by atoms with Gasteiger partial charge in [0, 0.05) is 5.69 Å². The molecule has 0 atom stereocenters. The number of fused-ring (bicyclic) bond motifs is 2. The zero-order valence-electron chi connectivity index (χ0n) is 12.4. The van der Waals surface area contributed by atoms with Gasteiger partial charge in [0.05, 0.1) is 5.41 Å². The Bertz CT molecular complexity index is 747. The van der Waals surface area contributed by atoms with Gasteiger partial charge in [-0.05, 0) is 53.8 Å². The van der Waals surface area contributed by atoms with Gasteiger partial charge in [-0.25, -0.2) is 4.39 Å². The van der Waals surface area contributed by atoms with Crippen LogP contribution in [0, 0.1) is 5.82 Å². The minimum atomic E-state index is -0.364. The van der Waals surface area contributed by atoms with Gasteiger partial charge in [-0.3, -0.25) is 4.79 Å². The van der Waals surface area contributed by atoms with E-state index in [1.807, 2.05) is 18.2 Å². The number of rotatable bonds is 1. The van der Waals surface area contributed by atoms with Crippen molar-refractivity contribution >= 4 is 11.6 Å². The fraction of sp³-hybridized carbons (Fsp3) is 0.316. The Labute approximate surface area is 129 Å². The molecule has 1 aliphatic carbocycles. The van der Waals surface area contributed by atoms with Crippen molar-refractivity contribution in [2.45, 2.75) is 37.5 Å². The number of carbonyl (C=O) groups is 1. The van der Waals surface area contributed by atoms with Gasteiger partial charge in [-0.15, -0.1) is 0 Å². The van der Waals surface area contributed by atoms with Gasteiger partial charge in [-0.2, -0.15) is 0 Å². The van der Waals surface area contributed by atoms with Gasteiger partial charge in [0.2, 0.25) is 5.91 Å². The monoisotopic (exact) mass is 295 g/mol. The summed E-state index contributed by atoms with van der Waals surface area (Å²) in [5, 5.41) is 3.03. The van der Waals surface area contributed by atoms with Crippen LogP contribution in [-0.2, 0) is 10.2 Å². The van der Waals surface area contributed by atoms with Crippen LogP contribution in [0.1, 0.15) is 37.7 Å². The Morgan fingerprint density at radius 1 is 0.955 bits per heavy atom. The molecule has 3 heteroatoms. The molecule has 1 spiro atoms. The van der Waals surface area contributed by atoms with Gasteiger partial charge >= 0.3 is 0 Å². The van der Waals surface area contributed by atoms with Crippen molar-refractivity contribution in [2.75, 3.05) is 5.32 Å². The van der Waals surface area contributed by atoms with E-state index in [0.29, 0.717) is 0 Å². The highest BCUT2D eigenvalue weighted by atomic mass is 19.1. The molecule has 112 valence electrons. The zero-order chi connectivity index (χ0) is 15.2.